The molecule has 0 unspecified atom stereocenters. The third-order valence-corrected chi connectivity index (χ3v) is 5.45. The molecule has 0 fully saturated rings. The summed E-state index contributed by atoms with van der Waals surface area (Å²) >= 11 is 0. The van der Waals surface area contributed by atoms with Crippen LogP contribution in [0.3, 0.4) is 0 Å². The van der Waals surface area contributed by atoms with Crippen LogP contribution >= 0.6 is 0 Å². The SMILES string of the molecule is CCc1nc(CCNC(=O)[C@]2(C)CCc3c(C)c(O)c(C)c(C)c3O2)no1. The van der Waals surface area contributed by atoms with Crippen LogP contribution in [-0.2, 0) is 24.1 Å². The highest BCUT2D eigenvalue weighted by molar-refractivity contribution is 5.85. The average molecular weight is 373 g/mol. The van der Waals surface area contributed by atoms with Gasteiger partial charge in [0.05, 0.1) is 0 Å². The minimum absolute atomic E-state index is 0.157. The number of ether oxygens (including phenoxy) is 1. The van der Waals surface area contributed by atoms with E-state index in [0.29, 0.717) is 49.7 Å². The zero-order valence-electron chi connectivity index (χ0n) is 16.6. The summed E-state index contributed by atoms with van der Waals surface area (Å²) < 4.78 is 11.3. The average Bonchev–Trinajstić information content (AvgIpc) is 3.12. The molecule has 27 heavy (non-hydrogen) atoms. The van der Waals surface area contributed by atoms with Gasteiger partial charge in [-0.2, -0.15) is 4.98 Å². The largest absolute Gasteiger partial charge is 0.507 e. The maximum absolute atomic E-state index is 12.8. The van der Waals surface area contributed by atoms with E-state index in [0.717, 1.165) is 28.0 Å². The van der Waals surface area contributed by atoms with Gasteiger partial charge in [0.25, 0.3) is 5.91 Å². The number of benzene rings is 1. The zero-order chi connectivity index (χ0) is 19.8. The molecule has 1 amide bonds. The first-order valence-electron chi connectivity index (χ1n) is 9.37. The van der Waals surface area contributed by atoms with Gasteiger partial charge in [-0.25, -0.2) is 0 Å². The fourth-order valence-corrected chi connectivity index (χ4v) is 3.42. The molecule has 0 saturated carbocycles. The Morgan fingerprint density at radius 3 is 2.67 bits per heavy atom. The number of phenolic OH excluding ortho intramolecular Hbond substituents is 1. The second-order valence-electron chi connectivity index (χ2n) is 7.33. The van der Waals surface area contributed by atoms with Crippen molar-refractivity contribution in [3.05, 3.63) is 34.0 Å². The number of fused-ring (bicyclic) bond motifs is 1. The van der Waals surface area contributed by atoms with Gasteiger partial charge in [0, 0.05) is 31.4 Å². The molecule has 0 spiro atoms. The molecule has 0 bridgehead atoms. The van der Waals surface area contributed by atoms with Crippen LogP contribution in [0, 0.1) is 20.8 Å². The predicted molar refractivity (Wildman–Crippen MR) is 100 cm³/mol. The van der Waals surface area contributed by atoms with Gasteiger partial charge in [0.1, 0.15) is 11.5 Å². The molecule has 1 atom stereocenters. The van der Waals surface area contributed by atoms with Gasteiger partial charge in [-0.3, -0.25) is 4.79 Å². The molecule has 7 heteroatoms. The Balaban J connectivity index is 1.69. The van der Waals surface area contributed by atoms with E-state index in [9.17, 15) is 9.90 Å². The molecule has 2 aromatic rings. The maximum atomic E-state index is 12.8. The highest BCUT2D eigenvalue weighted by Crippen LogP contribution is 2.43. The van der Waals surface area contributed by atoms with Crippen LogP contribution in [-0.4, -0.2) is 33.3 Å². The lowest BCUT2D eigenvalue weighted by molar-refractivity contribution is -0.136. The number of carbonyl (C=O) groups is 1. The fourth-order valence-electron chi connectivity index (χ4n) is 3.42. The van der Waals surface area contributed by atoms with E-state index in [1.165, 1.54) is 0 Å². The third-order valence-electron chi connectivity index (χ3n) is 5.45. The van der Waals surface area contributed by atoms with Gasteiger partial charge in [0.2, 0.25) is 5.89 Å². The lowest BCUT2D eigenvalue weighted by atomic mass is 9.86. The first-order chi connectivity index (χ1) is 12.8. The number of carbonyl (C=O) groups excluding carboxylic acids is 1. The Morgan fingerprint density at radius 2 is 2.00 bits per heavy atom. The van der Waals surface area contributed by atoms with Crippen molar-refractivity contribution in [1.82, 2.24) is 15.5 Å². The number of aromatic hydroxyl groups is 1. The maximum Gasteiger partial charge on any atom is 0.263 e. The first-order valence-corrected chi connectivity index (χ1v) is 9.37. The van der Waals surface area contributed by atoms with Crippen molar-refractivity contribution in [1.29, 1.82) is 0 Å². The molecule has 1 aliphatic heterocycles. The fraction of sp³-hybridized carbons (Fsp3) is 0.550. The minimum Gasteiger partial charge on any atom is -0.507 e. The first kappa shape index (κ1) is 19.2. The number of hydrogen-bond donors (Lipinski definition) is 2. The smallest absolute Gasteiger partial charge is 0.263 e. The molecular weight excluding hydrogens is 346 g/mol. The Labute approximate surface area is 159 Å². The van der Waals surface area contributed by atoms with Crippen molar-refractivity contribution in [2.75, 3.05) is 6.54 Å². The van der Waals surface area contributed by atoms with E-state index in [1.807, 2.05) is 34.6 Å². The van der Waals surface area contributed by atoms with E-state index < -0.39 is 5.60 Å². The summed E-state index contributed by atoms with van der Waals surface area (Å²) in [5.41, 5.74) is 2.55. The third kappa shape index (κ3) is 3.50. The topological polar surface area (TPSA) is 97.5 Å². The molecule has 0 aliphatic carbocycles. The Hall–Kier alpha value is -2.57. The van der Waals surface area contributed by atoms with Crippen molar-refractivity contribution >= 4 is 5.91 Å². The van der Waals surface area contributed by atoms with Crippen LogP contribution in [0.1, 0.15) is 54.2 Å². The lowest BCUT2D eigenvalue weighted by Crippen LogP contribution is -2.51. The van der Waals surface area contributed by atoms with E-state index in [4.69, 9.17) is 9.26 Å². The second kappa shape index (κ2) is 7.21. The predicted octanol–water partition coefficient (Wildman–Crippen LogP) is 2.71. The number of phenols is 1. The molecule has 1 aromatic heterocycles. The van der Waals surface area contributed by atoms with Crippen molar-refractivity contribution in [2.24, 2.45) is 0 Å². The van der Waals surface area contributed by atoms with Gasteiger partial charge >= 0.3 is 0 Å². The number of hydrogen-bond acceptors (Lipinski definition) is 6. The van der Waals surface area contributed by atoms with Crippen LogP contribution in [0.15, 0.2) is 4.52 Å². The van der Waals surface area contributed by atoms with Crippen LogP contribution in [0.5, 0.6) is 11.5 Å². The summed E-state index contributed by atoms with van der Waals surface area (Å²) in [6, 6.07) is 0. The van der Waals surface area contributed by atoms with Gasteiger partial charge in [0.15, 0.2) is 11.4 Å². The van der Waals surface area contributed by atoms with Crippen LogP contribution < -0.4 is 10.1 Å². The molecular formula is C20H27N3O4. The Kier molecular flexibility index (Phi) is 5.13. The summed E-state index contributed by atoms with van der Waals surface area (Å²) in [6.07, 6.45) is 2.44. The van der Waals surface area contributed by atoms with Crippen molar-refractivity contribution in [3.8, 4) is 11.5 Å². The summed E-state index contributed by atoms with van der Waals surface area (Å²) in [7, 11) is 0. The van der Waals surface area contributed by atoms with E-state index in [2.05, 4.69) is 15.5 Å². The van der Waals surface area contributed by atoms with E-state index >= 15 is 0 Å². The van der Waals surface area contributed by atoms with Crippen molar-refractivity contribution in [3.63, 3.8) is 0 Å². The normalized spacial score (nSPS) is 18.7. The van der Waals surface area contributed by atoms with Gasteiger partial charge in [-0.05, 0) is 50.8 Å². The number of nitrogens with zero attached hydrogens (tertiary/aromatic N) is 2. The molecule has 7 nitrogen and oxygen atoms in total. The van der Waals surface area contributed by atoms with E-state index in [1.54, 1.807) is 0 Å². The summed E-state index contributed by atoms with van der Waals surface area (Å²) in [4.78, 5) is 17.0. The summed E-state index contributed by atoms with van der Waals surface area (Å²) in [5, 5.41) is 17.1. The molecule has 2 heterocycles. The standard InChI is InChI=1S/C20H27N3O4/c1-6-16-22-15(23-27-16)8-10-21-19(25)20(5)9-7-14-13(4)17(24)11(2)12(3)18(14)26-20/h24H,6-10H2,1-5H3,(H,21,25)/t20-/m0/s1. The Morgan fingerprint density at radius 1 is 1.26 bits per heavy atom. The monoisotopic (exact) mass is 373 g/mol. The zero-order valence-corrected chi connectivity index (χ0v) is 16.6. The molecule has 2 N–H and O–H groups in total. The van der Waals surface area contributed by atoms with Gasteiger partial charge < -0.3 is 19.7 Å². The lowest BCUT2D eigenvalue weighted by Gasteiger charge is -2.36. The van der Waals surface area contributed by atoms with Gasteiger partial charge in [-0.1, -0.05) is 12.1 Å². The van der Waals surface area contributed by atoms with Crippen molar-refractivity contribution < 1.29 is 19.2 Å². The number of amides is 1. The highest BCUT2D eigenvalue weighted by atomic mass is 16.5. The highest BCUT2D eigenvalue weighted by Gasteiger charge is 2.40. The number of nitrogens with one attached hydrogen (secondary N) is 1. The summed E-state index contributed by atoms with van der Waals surface area (Å²) in [5.74, 6) is 2.06. The van der Waals surface area contributed by atoms with E-state index in [-0.39, 0.29) is 5.91 Å². The molecule has 3 rings (SSSR count). The molecule has 1 aliphatic rings. The molecule has 1 aromatic carbocycles. The number of rotatable bonds is 5. The molecule has 146 valence electrons. The molecule has 0 radical (unpaired) electrons. The quantitative estimate of drug-likeness (QED) is 0.836. The number of aromatic nitrogens is 2. The van der Waals surface area contributed by atoms with Crippen molar-refractivity contribution in [2.45, 2.75) is 65.9 Å². The number of aryl methyl sites for hydroxylation is 1. The Bertz CT molecular complexity index is 875. The second-order valence-corrected chi connectivity index (χ2v) is 7.33. The summed E-state index contributed by atoms with van der Waals surface area (Å²) in [6.45, 7) is 9.85. The minimum atomic E-state index is -0.945. The van der Waals surface area contributed by atoms with Gasteiger partial charge in [-0.15, -0.1) is 0 Å². The van der Waals surface area contributed by atoms with Crippen LogP contribution in [0.4, 0.5) is 0 Å². The van der Waals surface area contributed by atoms with Crippen LogP contribution in [0.2, 0.25) is 0 Å². The van der Waals surface area contributed by atoms with Crippen LogP contribution in [0.25, 0.3) is 0 Å². The molecule has 0 saturated heterocycles.